The second kappa shape index (κ2) is 6.26. The largest absolute Gasteiger partial charge is 0.379 e. The quantitative estimate of drug-likeness (QED) is 0.871. The van der Waals surface area contributed by atoms with Gasteiger partial charge in [0.25, 0.3) is 10.0 Å². The third-order valence-corrected chi connectivity index (χ3v) is 5.85. The Hall–Kier alpha value is -1.60. The molecular weight excluding hydrogens is 318 g/mol. The van der Waals surface area contributed by atoms with Gasteiger partial charge < -0.3 is 5.32 Å². The van der Waals surface area contributed by atoms with Crippen LogP contribution in [-0.4, -0.2) is 18.9 Å². The fourth-order valence-corrected chi connectivity index (χ4v) is 4.15. The van der Waals surface area contributed by atoms with Gasteiger partial charge in [0, 0.05) is 10.4 Å². The normalized spacial score (nSPS) is 12.2. The van der Waals surface area contributed by atoms with Crippen molar-refractivity contribution in [1.82, 2.24) is 4.98 Å². The Labute approximate surface area is 135 Å². The lowest BCUT2D eigenvalue weighted by atomic mass is 10.1. The Morgan fingerprint density at radius 1 is 1.18 bits per heavy atom. The lowest BCUT2D eigenvalue weighted by Gasteiger charge is -2.21. The van der Waals surface area contributed by atoms with Crippen molar-refractivity contribution in [2.75, 3.05) is 10.0 Å². The molecule has 0 fully saturated rings. The van der Waals surface area contributed by atoms with Gasteiger partial charge in [-0.3, -0.25) is 4.72 Å². The molecule has 0 aromatic carbocycles. The molecule has 0 saturated heterocycles. The lowest BCUT2D eigenvalue weighted by Crippen LogP contribution is -2.26. The lowest BCUT2D eigenvalue weighted by molar-refractivity contribution is 0.603. The second-order valence-corrected chi connectivity index (χ2v) is 9.06. The van der Waals surface area contributed by atoms with Crippen LogP contribution in [-0.2, 0) is 16.4 Å². The average molecular weight is 339 g/mol. The monoisotopic (exact) mass is 339 g/mol. The summed E-state index contributed by atoms with van der Waals surface area (Å²) in [5, 5.41) is 3.28. The number of sulfonamides is 1. The van der Waals surface area contributed by atoms with Crippen LogP contribution in [0.4, 0.5) is 11.5 Å². The molecule has 0 spiro atoms. The topological polar surface area (TPSA) is 71.1 Å². The molecule has 0 bridgehead atoms. The predicted octanol–water partition coefficient (Wildman–Crippen LogP) is 3.72. The van der Waals surface area contributed by atoms with Crippen molar-refractivity contribution in [1.29, 1.82) is 0 Å². The minimum absolute atomic E-state index is 0.0732. The van der Waals surface area contributed by atoms with Crippen molar-refractivity contribution < 1.29 is 8.42 Å². The summed E-state index contributed by atoms with van der Waals surface area (Å²) in [6.45, 7) is 8.14. The second-order valence-electron chi connectivity index (χ2n) is 5.99. The number of pyridine rings is 1. The van der Waals surface area contributed by atoms with Crippen LogP contribution in [0, 0.1) is 0 Å². The van der Waals surface area contributed by atoms with Gasteiger partial charge in [-0.25, -0.2) is 13.4 Å². The van der Waals surface area contributed by atoms with E-state index < -0.39 is 10.0 Å². The van der Waals surface area contributed by atoms with E-state index in [1.54, 1.807) is 18.3 Å². The zero-order chi connectivity index (χ0) is 16.4. The molecule has 0 amide bonds. The first-order valence-electron chi connectivity index (χ1n) is 7.05. The molecule has 0 aliphatic carbocycles. The van der Waals surface area contributed by atoms with Crippen LogP contribution in [0.25, 0.3) is 0 Å². The number of aromatic nitrogens is 1. The van der Waals surface area contributed by atoms with Crippen LogP contribution in [0.2, 0.25) is 0 Å². The van der Waals surface area contributed by atoms with Crippen molar-refractivity contribution in [2.45, 2.75) is 43.9 Å². The Balaban J connectivity index is 2.13. The van der Waals surface area contributed by atoms with E-state index in [9.17, 15) is 8.42 Å². The standard InChI is InChI=1S/C15H21N3O2S2/c1-5-12-7-9-14(21-12)22(19,20)18-13-8-6-11(10-16-13)17-15(2,3)4/h6-10,17H,5H2,1-4H3,(H,16,18). The molecule has 2 aromatic heterocycles. The number of hydrogen-bond donors (Lipinski definition) is 2. The molecular formula is C15H21N3O2S2. The molecule has 2 heterocycles. The third-order valence-electron chi connectivity index (χ3n) is 2.77. The average Bonchev–Trinajstić information content (AvgIpc) is 2.89. The SMILES string of the molecule is CCc1ccc(S(=O)(=O)Nc2ccc(NC(C)(C)C)cn2)s1. The van der Waals surface area contributed by atoms with Gasteiger partial charge in [0.05, 0.1) is 11.9 Å². The van der Waals surface area contributed by atoms with Gasteiger partial charge in [0.1, 0.15) is 10.0 Å². The van der Waals surface area contributed by atoms with Crippen molar-refractivity contribution in [2.24, 2.45) is 0 Å². The van der Waals surface area contributed by atoms with Crippen LogP contribution in [0.15, 0.2) is 34.7 Å². The van der Waals surface area contributed by atoms with E-state index >= 15 is 0 Å². The Morgan fingerprint density at radius 2 is 1.91 bits per heavy atom. The highest BCUT2D eigenvalue weighted by atomic mass is 32.2. The molecule has 120 valence electrons. The molecule has 7 heteroatoms. The molecule has 2 N–H and O–H groups in total. The van der Waals surface area contributed by atoms with Crippen LogP contribution >= 0.6 is 11.3 Å². The van der Waals surface area contributed by atoms with Crippen molar-refractivity contribution in [3.05, 3.63) is 35.3 Å². The summed E-state index contributed by atoms with van der Waals surface area (Å²) < 4.78 is 27.4. The van der Waals surface area contributed by atoms with E-state index in [-0.39, 0.29) is 5.54 Å². The highest BCUT2D eigenvalue weighted by Gasteiger charge is 2.17. The highest BCUT2D eigenvalue weighted by Crippen LogP contribution is 2.24. The molecule has 0 radical (unpaired) electrons. The van der Waals surface area contributed by atoms with Crippen LogP contribution < -0.4 is 10.0 Å². The van der Waals surface area contributed by atoms with Crippen LogP contribution in [0.5, 0.6) is 0 Å². The third kappa shape index (κ3) is 4.45. The summed E-state index contributed by atoms with van der Waals surface area (Å²) in [4.78, 5) is 5.19. The fraction of sp³-hybridized carbons (Fsp3) is 0.400. The minimum atomic E-state index is -3.56. The summed E-state index contributed by atoms with van der Waals surface area (Å²) in [5.41, 5.74) is 0.774. The van der Waals surface area contributed by atoms with Gasteiger partial charge >= 0.3 is 0 Å². The number of nitrogens with zero attached hydrogens (tertiary/aromatic N) is 1. The molecule has 2 rings (SSSR count). The van der Waals surface area contributed by atoms with E-state index in [2.05, 4.69) is 15.0 Å². The summed E-state index contributed by atoms with van der Waals surface area (Å²) in [6.07, 6.45) is 2.45. The predicted molar refractivity (Wildman–Crippen MR) is 92.1 cm³/mol. The van der Waals surface area contributed by atoms with Gasteiger partial charge in [-0.2, -0.15) is 0 Å². The molecule has 0 saturated carbocycles. The van der Waals surface area contributed by atoms with E-state index in [0.29, 0.717) is 10.0 Å². The number of anilines is 2. The zero-order valence-corrected chi connectivity index (χ0v) is 14.8. The molecule has 0 atom stereocenters. The van der Waals surface area contributed by atoms with Gasteiger partial charge in [-0.1, -0.05) is 6.92 Å². The van der Waals surface area contributed by atoms with Gasteiger partial charge in [0.2, 0.25) is 0 Å². The van der Waals surface area contributed by atoms with Crippen LogP contribution in [0.3, 0.4) is 0 Å². The Morgan fingerprint density at radius 3 is 2.41 bits per heavy atom. The molecule has 22 heavy (non-hydrogen) atoms. The first-order chi connectivity index (χ1) is 10.2. The maximum absolute atomic E-state index is 12.3. The highest BCUT2D eigenvalue weighted by molar-refractivity contribution is 7.94. The Kier molecular flexibility index (Phi) is 4.77. The van der Waals surface area contributed by atoms with E-state index in [1.807, 2.05) is 39.8 Å². The van der Waals surface area contributed by atoms with E-state index in [4.69, 9.17) is 0 Å². The van der Waals surface area contributed by atoms with Gasteiger partial charge in [0.15, 0.2) is 0 Å². The summed E-state index contributed by atoms with van der Waals surface area (Å²) in [6, 6.07) is 6.92. The summed E-state index contributed by atoms with van der Waals surface area (Å²) in [5.74, 6) is 0.311. The molecule has 0 unspecified atom stereocenters. The summed E-state index contributed by atoms with van der Waals surface area (Å²) in [7, 11) is -3.56. The molecule has 0 aliphatic rings. The van der Waals surface area contributed by atoms with Crippen molar-refractivity contribution >= 4 is 32.9 Å². The van der Waals surface area contributed by atoms with E-state index in [0.717, 1.165) is 17.0 Å². The molecule has 0 aliphatic heterocycles. The van der Waals surface area contributed by atoms with Crippen molar-refractivity contribution in [3.8, 4) is 0 Å². The summed E-state index contributed by atoms with van der Waals surface area (Å²) >= 11 is 1.28. The fourth-order valence-electron chi connectivity index (χ4n) is 1.84. The van der Waals surface area contributed by atoms with Gasteiger partial charge in [-0.15, -0.1) is 11.3 Å². The number of aryl methyl sites for hydroxylation is 1. The Bertz CT molecular complexity index is 729. The number of rotatable bonds is 5. The maximum Gasteiger partial charge on any atom is 0.272 e. The number of nitrogens with one attached hydrogen (secondary N) is 2. The van der Waals surface area contributed by atoms with E-state index in [1.165, 1.54) is 11.3 Å². The molecule has 2 aromatic rings. The smallest absolute Gasteiger partial charge is 0.272 e. The first kappa shape index (κ1) is 16.8. The van der Waals surface area contributed by atoms with Crippen molar-refractivity contribution in [3.63, 3.8) is 0 Å². The number of hydrogen-bond acceptors (Lipinski definition) is 5. The zero-order valence-electron chi connectivity index (χ0n) is 13.2. The van der Waals surface area contributed by atoms with Gasteiger partial charge in [-0.05, 0) is 51.5 Å². The minimum Gasteiger partial charge on any atom is -0.379 e. The molecule has 5 nitrogen and oxygen atoms in total. The maximum atomic E-state index is 12.3. The van der Waals surface area contributed by atoms with Crippen LogP contribution in [0.1, 0.15) is 32.6 Å². The first-order valence-corrected chi connectivity index (χ1v) is 9.35. The number of thiophene rings is 1.